The molecule has 0 saturated heterocycles. The van der Waals surface area contributed by atoms with Gasteiger partial charge < -0.3 is 21.5 Å². The van der Waals surface area contributed by atoms with Crippen LogP contribution in [-0.4, -0.2) is 41.1 Å². The number of nitrogens with one attached hydrogen (secondary N) is 4. The lowest BCUT2D eigenvalue weighted by molar-refractivity contribution is -0.127. The van der Waals surface area contributed by atoms with Crippen LogP contribution in [0.5, 0.6) is 0 Å². The summed E-state index contributed by atoms with van der Waals surface area (Å²) in [5, 5.41) is 13.5. The number of carbonyl (C=O) groups excluding carboxylic acids is 2. The molecule has 0 spiro atoms. The number of fused-ring (bicyclic) bond motifs is 1. The molecular weight excluding hydrogens is 454 g/mol. The van der Waals surface area contributed by atoms with Crippen molar-refractivity contribution < 1.29 is 9.59 Å². The molecule has 0 aliphatic rings. The van der Waals surface area contributed by atoms with Crippen molar-refractivity contribution in [3.63, 3.8) is 0 Å². The molecule has 0 bridgehead atoms. The van der Waals surface area contributed by atoms with Crippen LogP contribution in [0.25, 0.3) is 10.9 Å². The molecule has 1 unspecified atom stereocenters. The molecule has 9 nitrogen and oxygen atoms in total. The minimum atomic E-state index is -0.712. The van der Waals surface area contributed by atoms with E-state index >= 15 is 0 Å². The summed E-state index contributed by atoms with van der Waals surface area (Å²) >= 11 is 0. The monoisotopic (exact) mass is 483 g/mol. The number of nitrogens with two attached hydrogens (primary N) is 1. The lowest BCUT2D eigenvalue weighted by Gasteiger charge is -2.18. The molecule has 4 rings (SSSR count). The molecule has 2 heterocycles. The van der Waals surface area contributed by atoms with Crippen LogP contribution in [0.3, 0.4) is 0 Å². The van der Waals surface area contributed by atoms with Crippen LogP contribution in [-0.2, 0) is 22.6 Å². The Bertz CT molecular complexity index is 1320. The van der Waals surface area contributed by atoms with Gasteiger partial charge in [0.05, 0.1) is 18.5 Å². The molecule has 0 radical (unpaired) electrons. The highest BCUT2D eigenvalue weighted by Gasteiger charge is 2.21. The third-order valence-electron chi connectivity index (χ3n) is 5.77. The molecule has 9 heteroatoms. The van der Waals surface area contributed by atoms with Gasteiger partial charge in [0.25, 0.3) is 0 Å². The number of hydrogen-bond acceptors (Lipinski definition) is 6. The third kappa shape index (κ3) is 6.55. The standard InChI is InChI=1S/C27H29N7O2/c28-34-16-20-10-8-19(9-11-20)15-32-26(24-7-3-4-13-29-24)27(36)33-18-25(35)30-14-12-21-17-31-23-6-2-1-5-22(21)23/h1-11,13,16-17,26,31-32H,12,14-15,18,28H2,(H,30,35)(H,33,36). The largest absolute Gasteiger partial charge is 0.361 e. The molecule has 2 aromatic heterocycles. The van der Waals surface area contributed by atoms with Gasteiger partial charge in [-0.2, -0.15) is 5.10 Å². The van der Waals surface area contributed by atoms with Crippen LogP contribution in [0, 0.1) is 0 Å². The van der Waals surface area contributed by atoms with Gasteiger partial charge in [-0.05, 0) is 41.3 Å². The van der Waals surface area contributed by atoms with Crippen molar-refractivity contribution in [2.75, 3.05) is 13.1 Å². The number of aromatic nitrogens is 2. The number of rotatable bonds is 11. The zero-order valence-corrected chi connectivity index (χ0v) is 19.8. The lowest BCUT2D eigenvalue weighted by Crippen LogP contribution is -2.43. The molecule has 0 fully saturated rings. The van der Waals surface area contributed by atoms with Gasteiger partial charge in [0.1, 0.15) is 6.04 Å². The van der Waals surface area contributed by atoms with Crippen LogP contribution >= 0.6 is 0 Å². The first kappa shape index (κ1) is 24.6. The van der Waals surface area contributed by atoms with Crippen molar-refractivity contribution in [3.05, 3.63) is 102 Å². The van der Waals surface area contributed by atoms with Crippen LogP contribution in [0.1, 0.15) is 28.4 Å². The summed E-state index contributed by atoms with van der Waals surface area (Å²) in [6.07, 6.45) is 5.85. The SMILES string of the molecule is NN=Cc1ccc(CNC(C(=O)NCC(=O)NCCc2c[nH]c3ccccc23)c2ccccn2)cc1. The normalized spacial score (nSPS) is 12.0. The molecule has 2 amide bonds. The molecule has 6 N–H and O–H groups in total. The number of nitrogens with zero attached hydrogens (tertiary/aromatic N) is 2. The molecule has 4 aromatic rings. The number of hydrogen-bond donors (Lipinski definition) is 5. The van der Waals surface area contributed by atoms with Gasteiger partial charge >= 0.3 is 0 Å². The van der Waals surface area contributed by atoms with Crippen molar-refractivity contribution in [3.8, 4) is 0 Å². The maximum absolute atomic E-state index is 13.0. The molecule has 0 aliphatic heterocycles. The van der Waals surface area contributed by atoms with E-state index in [0.29, 0.717) is 25.2 Å². The topological polar surface area (TPSA) is 137 Å². The number of aromatic amines is 1. The Hall–Kier alpha value is -4.50. The van der Waals surface area contributed by atoms with Gasteiger partial charge in [-0.3, -0.25) is 19.9 Å². The minimum Gasteiger partial charge on any atom is -0.361 e. The second-order valence-corrected chi connectivity index (χ2v) is 8.27. The van der Waals surface area contributed by atoms with Crippen LogP contribution < -0.4 is 21.8 Å². The number of carbonyl (C=O) groups is 2. The molecule has 0 saturated carbocycles. The lowest BCUT2D eigenvalue weighted by atomic mass is 10.1. The van der Waals surface area contributed by atoms with E-state index in [1.807, 2.05) is 54.7 Å². The van der Waals surface area contributed by atoms with Gasteiger partial charge in [-0.1, -0.05) is 48.5 Å². The van der Waals surface area contributed by atoms with Crippen molar-refractivity contribution >= 4 is 28.9 Å². The first-order chi connectivity index (χ1) is 17.6. The Morgan fingerprint density at radius 1 is 1.03 bits per heavy atom. The smallest absolute Gasteiger partial charge is 0.243 e. The second-order valence-electron chi connectivity index (χ2n) is 8.27. The van der Waals surface area contributed by atoms with Gasteiger partial charge in [0, 0.05) is 36.4 Å². The van der Waals surface area contributed by atoms with Gasteiger partial charge in [0.2, 0.25) is 11.8 Å². The van der Waals surface area contributed by atoms with Crippen molar-refractivity contribution in [1.82, 2.24) is 25.9 Å². The number of H-pyrrole nitrogens is 1. The van der Waals surface area contributed by atoms with Gasteiger partial charge in [0.15, 0.2) is 0 Å². The molecule has 36 heavy (non-hydrogen) atoms. The van der Waals surface area contributed by atoms with E-state index < -0.39 is 6.04 Å². The number of pyridine rings is 1. The summed E-state index contributed by atoms with van der Waals surface area (Å²) in [6.45, 7) is 0.791. The Labute approximate surface area is 209 Å². The second kappa shape index (κ2) is 12.3. The quantitative estimate of drug-likeness (QED) is 0.126. The average molecular weight is 484 g/mol. The van der Waals surface area contributed by atoms with Crippen molar-refractivity contribution in [1.29, 1.82) is 0 Å². The minimum absolute atomic E-state index is 0.120. The van der Waals surface area contributed by atoms with E-state index in [2.05, 4.69) is 37.1 Å². The van der Waals surface area contributed by atoms with E-state index in [-0.39, 0.29) is 18.4 Å². The fourth-order valence-corrected chi connectivity index (χ4v) is 3.91. The Morgan fingerprint density at radius 3 is 2.61 bits per heavy atom. The number of hydrazone groups is 1. The summed E-state index contributed by atoms with van der Waals surface area (Å²) in [5.41, 5.74) is 4.64. The predicted molar refractivity (Wildman–Crippen MR) is 140 cm³/mol. The molecule has 1 atom stereocenters. The fraction of sp³-hybridized carbons (Fsp3) is 0.185. The zero-order valence-electron chi connectivity index (χ0n) is 19.8. The summed E-state index contributed by atoms with van der Waals surface area (Å²) in [7, 11) is 0. The fourth-order valence-electron chi connectivity index (χ4n) is 3.91. The third-order valence-corrected chi connectivity index (χ3v) is 5.77. The van der Waals surface area contributed by atoms with E-state index in [4.69, 9.17) is 5.84 Å². The van der Waals surface area contributed by atoms with E-state index in [9.17, 15) is 9.59 Å². The first-order valence-electron chi connectivity index (χ1n) is 11.7. The predicted octanol–water partition coefficient (Wildman–Crippen LogP) is 2.16. The van der Waals surface area contributed by atoms with Crippen LogP contribution in [0.15, 0.2) is 84.2 Å². The highest BCUT2D eigenvalue weighted by atomic mass is 16.2. The Balaban J connectivity index is 1.29. The summed E-state index contributed by atoms with van der Waals surface area (Å²) in [6, 6.07) is 20.4. The van der Waals surface area contributed by atoms with Crippen LogP contribution in [0.4, 0.5) is 0 Å². The van der Waals surface area contributed by atoms with E-state index in [1.165, 1.54) is 0 Å². The number of amides is 2. The Kier molecular flexibility index (Phi) is 8.39. The first-order valence-corrected chi connectivity index (χ1v) is 11.7. The van der Waals surface area contributed by atoms with Crippen molar-refractivity contribution in [2.24, 2.45) is 10.9 Å². The molecule has 184 valence electrons. The average Bonchev–Trinajstić information content (AvgIpc) is 3.32. The summed E-state index contributed by atoms with van der Waals surface area (Å²) < 4.78 is 0. The summed E-state index contributed by atoms with van der Waals surface area (Å²) in [4.78, 5) is 32.9. The Morgan fingerprint density at radius 2 is 1.83 bits per heavy atom. The van der Waals surface area contributed by atoms with E-state index in [1.54, 1.807) is 24.5 Å². The van der Waals surface area contributed by atoms with Gasteiger partial charge in [-0.15, -0.1) is 0 Å². The summed E-state index contributed by atoms with van der Waals surface area (Å²) in [5.74, 6) is 4.61. The van der Waals surface area contributed by atoms with Gasteiger partial charge in [-0.25, -0.2) is 0 Å². The van der Waals surface area contributed by atoms with Crippen molar-refractivity contribution in [2.45, 2.75) is 19.0 Å². The molecular formula is C27H29N7O2. The maximum atomic E-state index is 13.0. The molecule has 0 aliphatic carbocycles. The highest BCUT2D eigenvalue weighted by molar-refractivity contribution is 5.88. The maximum Gasteiger partial charge on any atom is 0.243 e. The number of para-hydroxylation sites is 1. The van der Waals surface area contributed by atoms with E-state index in [0.717, 1.165) is 27.6 Å². The zero-order chi connectivity index (χ0) is 25.2. The van der Waals surface area contributed by atoms with Crippen LogP contribution in [0.2, 0.25) is 0 Å². The number of benzene rings is 2. The molecule has 2 aromatic carbocycles. The highest BCUT2D eigenvalue weighted by Crippen LogP contribution is 2.17.